The molecule has 0 aliphatic carbocycles. The number of ether oxygens (including phenoxy) is 1. The third kappa shape index (κ3) is 4.76. The van der Waals surface area contributed by atoms with Crippen LogP contribution in [0.25, 0.3) is 11.3 Å². The van der Waals surface area contributed by atoms with Gasteiger partial charge in [0.2, 0.25) is 5.91 Å². The topological polar surface area (TPSA) is 70.1 Å². The molecule has 0 saturated heterocycles. The number of benzene rings is 2. The van der Waals surface area contributed by atoms with Gasteiger partial charge < -0.3 is 15.0 Å². The van der Waals surface area contributed by atoms with Crippen molar-refractivity contribution in [2.75, 3.05) is 7.11 Å². The highest BCUT2D eigenvalue weighted by Gasteiger charge is 2.40. The van der Waals surface area contributed by atoms with Gasteiger partial charge in [-0.3, -0.25) is 4.79 Å². The van der Waals surface area contributed by atoms with E-state index < -0.39 is 17.9 Å². The Morgan fingerprint density at radius 1 is 1.17 bits per heavy atom. The van der Waals surface area contributed by atoms with Crippen LogP contribution in [-0.2, 0) is 16.1 Å². The van der Waals surface area contributed by atoms with Gasteiger partial charge in [-0.2, -0.15) is 0 Å². The van der Waals surface area contributed by atoms with Gasteiger partial charge >= 0.3 is 0 Å². The summed E-state index contributed by atoms with van der Waals surface area (Å²) in [4.78, 5) is 17.1. The van der Waals surface area contributed by atoms with E-state index in [1.165, 1.54) is 19.2 Å². The van der Waals surface area contributed by atoms with Crippen molar-refractivity contribution in [1.82, 2.24) is 9.55 Å². The fraction of sp³-hybridized carbons (Fsp3) is 0.333. The molecule has 1 heterocycles. The number of carbonyl (C=O) groups is 1. The maximum atomic E-state index is 13.8. The second-order valence-electron chi connectivity index (χ2n) is 8.51. The predicted octanol–water partition coefficient (Wildman–Crippen LogP) is 4.37. The maximum Gasteiger partial charge on any atom is 0.247 e. The van der Waals surface area contributed by atoms with Crippen molar-refractivity contribution in [1.29, 1.82) is 0 Å². The van der Waals surface area contributed by atoms with Crippen LogP contribution < -0.4 is 5.73 Å². The molecule has 2 N–H and O–H groups in total. The number of rotatable bonds is 7. The number of amides is 1. The Morgan fingerprint density at radius 2 is 1.87 bits per heavy atom. The summed E-state index contributed by atoms with van der Waals surface area (Å²) in [5, 5.41) is 0. The Labute approximate surface area is 176 Å². The van der Waals surface area contributed by atoms with Gasteiger partial charge in [-0.15, -0.1) is 0 Å². The summed E-state index contributed by atoms with van der Waals surface area (Å²) in [5.74, 6) is -0.557. The first-order valence-electron chi connectivity index (χ1n) is 9.89. The number of hydrogen-bond acceptors (Lipinski definition) is 3. The van der Waals surface area contributed by atoms with Crippen LogP contribution in [0.4, 0.5) is 4.39 Å². The number of aromatic nitrogens is 2. The smallest absolute Gasteiger partial charge is 0.247 e. The lowest BCUT2D eigenvalue weighted by Crippen LogP contribution is -2.42. The molecule has 2 aromatic carbocycles. The molecule has 0 fully saturated rings. The van der Waals surface area contributed by atoms with Crippen LogP contribution in [0.3, 0.4) is 0 Å². The van der Waals surface area contributed by atoms with Crippen molar-refractivity contribution in [3.8, 4) is 11.3 Å². The number of carbonyl (C=O) groups excluding carboxylic acids is 1. The first-order valence-corrected chi connectivity index (χ1v) is 9.89. The highest BCUT2D eigenvalue weighted by molar-refractivity contribution is 5.80. The summed E-state index contributed by atoms with van der Waals surface area (Å²) in [5.41, 5.74) is 7.84. The van der Waals surface area contributed by atoms with Gasteiger partial charge in [0.15, 0.2) is 0 Å². The molecule has 0 aliphatic heterocycles. The van der Waals surface area contributed by atoms with E-state index in [4.69, 9.17) is 15.5 Å². The number of imidazole rings is 1. The molecule has 6 heteroatoms. The van der Waals surface area contributed by atoms with Crippen LogP contribution in [-0.4, -0.2) is 28.7 Å². The van der Waals surface area contributed by atoms with Crippen molar-refractivity contribution >= 4 is 5.91 Å². The number of hydrogen-bond donors (Lipinski definition) is 1. The van der Waals surface area contributed by atoms with E-state index in [9.17, 15) is 9.18 Å². The highest BCUT2D eigenvalue weighted by Crippen LogP contribution is 2.39. The Bertz CT molecular complexity index is 1010. The molecule has 3 rings (SSSR count). The van der Waals surface area contributed by atoms with E-state index in [2.05, 4.69) is 0 Å². The quantitative estimate of drug-likeness (QED) is 0.630. The Kier molecular flexibility index (Phi) is 6.37. The lowest BCUT2D eigenvalue weighted by molar-refractivity contribution is -0.131. The average Bonchev–Trinajstić information content (AvgIpc) is 3.08. The lowest BCUT2D eigenvalue weighted by atomic mass is 9.76. The van der Waals surface area contributed by atoms with E-state index in [0.717, 1.165) is 16.8 Å². The summed E-state index contributed by atoms with van der Waals surface area (Å²) in [6, 6.07) is 16.3. The second kappa shape index (κ2) is 8.79. The minimum atomic E-state index is -0.845. The summed E-state index contributed by atoms with van der Waals surface area (Å²) < 4.78 is 21.2. The average molecular weight is 410 g/mol. The fourth-order valence-corrected chi connectivity index (χ4v) is 3.78. The van der Waals surface area contributed by atoms with E-state index >= 15 is 0 Å². The molecule has 30 heavy (non-hydrogen) atoms. The van der Waals surface area contributed by atoms with Gasteiger partial charge in [0, 0.05) is 25.4 Å². The number of nitrogens with zero attached hydrogens (tertiary/aromatic N) is 2. The zero-order chi connectivity index (χ0) is 21.9. The normalized spacial score (nSPS) is 13.8. The third-order valence-corrected chi connectivity index (χ3v) is 5.17. The molecule has 1 aromatic heterocycles. The van der Waals surface area contributed by atoms with Crippen LogP contribution >= 0.6 is 0 Å². The van der Waals surface area contributed by atoms with Crippen molar-refractivity contribution in [2.45, 2.75) is 39.3 Å². The lowest BCUT2D eigenvalue weighted by Gasteiger charge is -2.34. The standard InChI is InChI=1S/C24H28FN3O2/c1-24(2,3)20(21(30-4)22(26)29)23-27-19(17-10-6-5-7-11-17)15-28(23)14-16-9-8-12-18(25)13-16/h5-13,15,20-21H,14H2,1-4H3,(H2,26,29)/t20-,21?/m0/s1. The largest absolute Gasteiger partial charge is 0.371 e. The number of methoxy groups -OCH3 is 1. The van der Waals surface area contributed by atoms with E-state index in [1.54, 1.807) is 6.07 Å². The minimum absolute atomic E-state index is 0.295. The summed E-state index contributed by atoms with van der Waals surface area (Å²) in [6.07, 6.45) is 1.09. The monoisotopic (exact) mass is 409 g/mol. The van der Waals surface area contributed by atoms with Crippen LogP contribution in [0.5, 0.6) is 0 Å². The molecule has 0 aliphatic rings. The van der Waals surface area contributed by atoms with Gasteiger partial charge in [0.25, 0.3) is 0 Å². The van der Waals surface area contributed by atoms with Gasteiger partial charge in [-0.05, 0) is 23.1 Å². The summed E-state index contributed by atoms with van der Waals surface area (Å²) >= 11 is 0. The van der Waals surface area contributed by atoms with Crippen LogP contribution in [0.2, 0.25) is 0 Å². The predicted molar refractivity (Wildman–Crippen MR) is 115 cm³/mol. The molecule has 5 nitrogen and oxygen atoms in total. The van der Waals surface area contributed by atoms with Crippen molar-refractivity contribution in [2.24, 2.45) is 11.1 Å². The van der Waals surface area contributed by atoms with Crippen LogP contribution in [0.1, 0.15) is 38.1 Å². The second-order valence-corrected chi connectivity index (χ2v) is 8.51. The minimum Gasteiger partial charge on any atom is -0.371 e. The van der Waals surface area contributed by atoms with E-state index in [1.807, 2.05) is 67.9 Å². The molecule has 2 atom stereocenters. The van der Waals surface area contributed by atoms with Crippen LogP contribution in [0, 0.1) is 11.2 Å². The molecule has 158 valence electrons. The Hall–Kier alpha value is -2.99. The number of halogens is 1. The first-order chi connectivity index (χ1) is 14.2. The first kappa shape index (κ1) is 21.7. The van der Waals surface area contributed by atoms with Crippen molar-refractivity contribution in [3.63, 3.8) is 0 Å². The van der Waals surface area contributed by atoms with Crippen LogP contribution in [0.15, 0.2) is 60.8 Å². The molecule has 0 bridgehead atoms. The SMILES string of the molecule is COC(C(N)=O)[C@@H](c1nc(-c2ccccc2)cn1Cc1cccc(F)c1)C(C)(C)C. The zero-order valence-electron chi connectivity index (χ0n) is 17.8. The van der Waals surface area contributed by atoms with Gasteiger partial charge in [-0.25, -0.2) is 9.37 Å². The molecule has 1 unspecified atom stereocenters. The third-order valence-electron chi connectivity index (χ3n) is 5.17. The number of nitrogens with two attached hydrogens (primary N) is 1. The molecule has 0 spiro atoms. The zero-order valence-corrected chi connectivity index (χ0v) is 17.8. The van der Waals surface area contributed by atoms with Gasteiger partial charge in [0.1, 0.15) is 17.7 Å². The van der Waals surface area contributed by atoms with E-state index in [-0.39, 0.29) is 11.2 Å². The Morgan fingerprint density at radius 3 is 2.43 bits per heavy atom. The van der Waals surface area contributed by atoms with E-state index in [0.29, 0.717) is 12.4 Å². The molecular weight excluding hydrogens is 381 g/mol. The summed E-state index contributed by atoms with van der Waals surface area (Å²) in [7, 11) is 1.48. The fourth-order valence-electron chi connectivity index (χ4n) is 3.78. The van der Waals surface area contributed by atoms with Crippen molar-refractivity contribution < 1.29 is 13.9 Å². The van der Waals surface area contributed by atoms with Gasteiger partial charge in [-0.1, -0.05) is 63.2 Å². The Balaban J connectivity index is 2.16. The molecule has 3 aromatic rings. The molecular formula is C24H28FN3O2. The van der Waals surface area contributed by atoms with Crippen molar-refractivity contribution in [3.05, 3.63) is 78.0 Å². The molecule has 0 radical (unpaired) electrons. The summed E-state index contributed by atoms with van der Waals surface area (Å²) in [6.45, 7) is 6.48. The maximum absolute atomic E-state index is 13.8. The highest BCUT2D eigenvalue weighted by atomic mass is 19.1. The van der Waals surface area contributed by atoms with Gasteiger partial charge in [0.05, 0.1) is 11.6 Å². The molecule has 1 amide bonds. The number of primary amides is 1. The molecule has 0 saturated carbocycles.